The van der Waals surface area contributed by atoms with E-state index < -0.39 is 18.1 Å². The van der Waals surface area contributed by atoms with E-state index in [1.165, 1.54) is 18.0 Å². The number of carbonyl (C=O) groups is 3. The number of alkyl carbamates (subject to hydrolysis) is 1. The summed E-state index contributed by atoms with van der Waals surface area (Å²) in [7, 11) is 0. The van der Waals surface area contributed by atoms with Gasteiger partial charge in [0.05, 0.1) is 18.1 Å². The van der Waals surface area contributed by atoms with Crippen LogP contribution in [0.15, 0.2) is 71.3 Å². The molecule has 1 aliphatic carbocycles. The molecule has 1 aromatic heterocycles. The maximum Gasteiger partial charge on any atom is 0.407 e. The predicted molar refractivity (Wildman–Crippen MR) is 137 cm³/mol. The van der Waals surface area contributed by atoms with Gasteiger partial charge in [-0.3, -0.25) is 4.79 Å². The van der Waals surface area contributed by atoms with Gasteiger partial charge in [0.15, 0.2) is 0 Å². The number of furan rings is 1. The van der Waals surface area contributed by atoms with Gasteiger partial charge in [0.25, 0.3) is 0 Å². The summed E-state index contributed by atoms with van der Waals surface area (Å²) in [6.07, 6.45) is 0.911. The van der Waals surface area contributed by atoms with E-state index in [4.69, 9.17) is 9.15 Å². The zero-order valence-corrected chi connectivity index (χ0v) is 20.6. The molecule has 2 atom stereocenters. The number of rotatable bonds is 11. The molecule has 0 saturated carbocycles. The molecule has 9 heteroatoms. The van der Waals surface area contributed by atoms with Crippen LogP contribution < -0.4 is 10.6 Å². The monoisotopic (exact) mass is 508 g/mol. The Hall–Kier alpha value is -3.72. The number of thioether (sulfide) groups is 1. The lowest BCUT2D eigenvalue weighted by atomic mass is 9.98. The van der Waals surface area contributed by atoms with E-state index in [9.17, 15) is 19.5 Å². The Morgan fingerprint density at radius 2 is 1.69 bits per heavy atom. The van der Waals surface area contributed by atoms with Crippen molar-refractivity contribution in [3.05, 3.63) is 83.8 Å². The molecule has 0 bridgehead atoms. The van der Waals surface area contributed by atoms with Gasteiger partial charge < -0.3 is 24.9 Å². The number of hydrogen-bond acceptors (Lipinski definition) is 6. The molecule has 0 radical (unpaired) electrons. The summed E-state index contributed by atoms with van der Waals surface area (Å²) in [6, 6.07) is 18.4. The van der Waals surface area contributed by atoms with Gasteiger partial charge >= 0.3 is 12.1 Å². The van der Waals surface area contributed by atoms with Gasteiger partial charge in [-0.25, -0.2) is 9.59 Å². The highest BCUT2D eigenvalue weighted by Crippen LogP contribution is 2.44. The number of ether oxygens (including phenoxy) is 1. The predicted octanol–water partition coefficient (Wildman–Crippen LogP) is 4.40. The first-order valence-corrected chi connectivity index (χ1v) is 12.7. The maximum atomic E-state index is 12.5. The molecule has 3 aromatic rings. The summed E-state index contributed by atoms with van der Waals surface area (Å²) >= 11 is 1.31. The second-order valence-corrected chi connectivity index (χ2v) is 9.91. The number of benzene rings is 2. The largest absolute Gasteiger partial charge is 0.480 e. The zero-order chi connectivity index (χ0) is 25.5. The topological polar surface area (TPSA) is 118 Å². The summed E-state index contributed by atoms with van der Waals surface area (Å²) in [6.45, 7) is 2.14. The van der Waals surface area contributed by atoms with Crippen LogP contribution in [-0.2, 0) is 20.9 Å². The van der Waals surface area contributed by atoms with E-state index in [2.05, 4.69) is 10.6 Å². The van der Waals surface area contributed by atoms with Gasteiger partial charge in [-0.2, -0.15) is 0 Å². The van der Waals surface area contributed by atoms with Crippen LogP contribution in [-0.4, -0.2) is 46.7 Å². The average molecular weight is 509 g/mol. The SMILES string of the molecule is CC(SCCC(NC(=O)OCC1c2ccccc2-c2ccccc21)C(=O)O)C(=O)NCc1ccco1. The van der Waals surface area contributed by atoms with Crippen LogP contribution in [0, 0.1) is 0 Å². The zero-order valence-electron chi connectivity index (χ0n) is 19.8. The minimum Gasteiger partial charge on any atom is -0.480 e. The van der Waals surface area contributed by atoms with E-state index in [1.807, 2.05) is 48.5 Å². The van der Waals surface area contributed by atoms with E-state index in [0.29, 0.717) is 11.5 Å². The average Bonchev–Trinajstić information content (AvgIpc) is 3.51. The third-order valence-electron chi connectivity index (χ3n) is 6.09. The van der Waals surface area contributed by atoms with Crippen molar-refractivity contribution in [3.8, 4) is 11.1 Å². The van der Waals surface area contributed by atoms with Crippen molar-refractivity contribution in [2.24, 2.45) is 0 Å². The first kappa shape index (κ1) is 25.4. The Bertz CT molecular complexity index is 1170. The van der Waals surface area contributed by atoms with Crippen LogP contribution in [0.3, 0.4) is 0 Å². The third-order valence-corrected chi connectivity index (χ3v) is 7.28. The Morgan fingerprint density at radius 3 is 2.31 bits per heavy atom. The second kappa shape index (κ2) is 11.8. The molecular weight excluding hydrogens is 480 g/mol. The molecule has 4 rings (SSSR count). The Labute approximate surface area is 213 Å². The fourth-order valence-electron chi connectivity index (χ4n) is 4.21. The Kier molecular flexibility index (Phi) is 8.32. The first-order chi connectivity index (χ1) is 17.4. The molecule has 1 heterocycles. The molecule has 0 aliphatic heterocycles. The number of nitrogens with one attached hydrogen (secondary N) is 2. The first-order valence-electron chi connectivity index (χ1n) is 11.7. The lowest BCUT2D eigenvalue weighted by Crippen LogP contribution is -2.42. The summed E-state index contributed by atoms with van der Waals surface area (Å²) in [5.74, 6) is -0.413. The molecule has 36 heavy (non-hydrogen) atoms. The van der Waals surface area contributed by atoms with Gasteiger partial charge in [-0.1, -0.05) is 48.5 Å². The molecule has 0 saturated heterocycles. The van der Waals surface area contributed by atoms with Crippen LogP contribution in [0.1, 0.15) is 36.1 Å². The fourth-order valence-corrected chi connectivity index (χ4v) is 5.17. The number of fused-ring (bicyclic) bond motifs is 3. The highest BCUT2D eigenvalue weighted by molar-refractivity contribution is 8.00. The smallest absolute Gasteiger partial charge is 0.407 e. The molecule has 2 amide bonds. The second-order valence-electron chi connectivity index (χ2n) is 8.46. The summed E-state index contributed by atoms with van der Waals surface area (Å²) in [4.78, 5) is 36.4. The van der Waals surface area contributed by atoms with Gasteiger partial charge in [-0.15, -0.1) is 11.8 Å². The molecule has 1 aliphatic rings. The number of carbonyl (C=O) groups excluding carboxylic acids is 2. The van der Waals surface area contributed by atoms with E-state index in [1.54, 1.807) is 19.1 Å². The van der Waals surface area contributed by atoms with Crippen molar-refractivity contribution in [2.45, 2.75) is 37.1 Å². The minimum atomic E-state index is -1.15. The van der Waals surface area contributed by atoms with Crippen LogP contribution >= 0.6 is 11.8 Å². The molecule has 3 N–H and O–H groups in total. The van der Waals surface area contributed by atoms with Gasteiger partial charge in [0.1, 0.15) is 18.4 Å². The van der Waals surface area contributed by atoms with Gasteiger partial charge in [0.2, 0.25) is 5.91 Å². The van der Waals surface area contributed by atoms with E-state index in [-0.39, 0.29) is 36.6 Å². The van der Waals surface area contributed by atoms with Crippen molar-refractivity contribution < 1.29 is 28.6 Å². The molecule has 188 valence electrons. The van der Waals surface area contributed by atoms with Crippen molar-refractivity contribution in [1.29, 1.82) is 0 Å². The van der Waals surface area contributed by atoms with Crippen molar-refractivity contribution in [3.63, 3.8) is 0 Å². The Balaban J connectivity index is 1.24. The van der Waals surface area contributed by atoms with Gasteiger partial charge in [0, 0.05) is 5.92 Å². The Morgan fingerprint density at radius 1 is 1.03 bits per heavy atom. The van der Waals surface area contributed by atoms with Crippen LogP contribution in [0.25, 0.3) is 11.1 Å². The number of amides is 2. The number of hydrogen-bond donors (Lipinski definition) is 3. The van der Waals surface area contributed by atoms with Gasteiger partial charge in [-0.05, 0) is 53.5 Å². The lowest BCUT2D eigenvalue weighted by Gasteiger charge is -2.18. The molecule has 2 unspecified atom stereocenters. The van der Waals surface area contributed by atoms with Crippen molar-refractivity contribution in [1.82, 2.24) is 10.6 Å². The normalized spacial score (nSPS) is 13.8. The lowest BCUT2D eigenvalue weighted by molar-refractivity contribution is -0.139. The number of aliphatic carboxylic acids is 1. The summed E-state index contributed by atoms with van der Waals surface area (Å²) in [5, 5.41) is 14.4. The van der Waals surface area contributed by atoms with Crippen LogP contribution in [0.5, 0.6) is 0 Å². The van der Waals surface area contributed by atoms with E-state index >= 15 is 0 Å². The molecule has 0 spiro atoms. The standard InChI is InChI=1S/C27H28N2O6S/c1-17(25(30)28-15-18-7-6-13-34-18)36-14-12-24(26(31)32)29-27(33)35-16-23-21-10-4-2-8-19(21)20-9-3-5-11-22(20)23/h2-11,13,17,23-24H,12,14-16H2,1H3,(H,28,30)(H,29,33)(H,31,32). The highest BCUT2D eigenvalue weighted by Gasteiger charge is 2.29. The highest BCUT2D eigenvalue weighted by atomic mass is 32.2. The number of carboxylic acids is 1. The van der Waals surface area contributed by atoms with Crippen LogP contribution in [0.4, 0.5) is 4.79 Å². The van der Waals surface area contributed by atoms with Crippen LogP contribution in [0.2, 0.25) is 0 Å². The van der Waals surface area contributed by atoms with Crippen molar-refractivity contribution >= 4 is 29.7 Å². The summed E-state index contributed by atoms with van der Waals surface area (Å²) < 4.78 is 10.6. The minimum absolute atomic E-state index is 0.105. The van der Waals surface area contributed by atoms with E-state index in [0.717, 1.165) is 22.3 Å². The molecule has 0 fully saturated rings. The summed E-state index contributed by atoms with van der Waals surface area (Å²) in [5.41, 5.74) is 4.39. The molecular formula is C27H28N2O6S. The third kappa shape index (κ3) is 6.09. The number of carboxylic acid groups (broad SMARTS) is 1. The van der Waals surface area contributed by atoms with Crippen molar-refractivity contribution in [2.75, 3.05) is 12.4 Å². The molecule has 8 nitrogen and oxygen atoms in total. The molecule has 2 aromatic carbocycles. The maximum absolute atomic E-state index is 12.5. The quantitative estimate of drug-likeness (QED) is 0.351. The fraction of sp³-hybridized carbons (Fsp3) is 0.296.